The first-order valence-corrected chi connectivity index (χ1v) is 10.8. The Bertz CT molecular complexity index is 1000. The minimum absolute atomic E-state index is 0.0367. The molecule has 7 nitrogen and oxygen atoms in total. The molecule has 1 unspecified atom stereocenters. The average molecular weight is 450 g/mol. The summed E-state index contributed by atoms with van der Waals surface area (Å²) in [7, 11) is 0. The molecular formula is C26H31N3O4. The quantitative estimate of drug-likeness (QED) is 0.488. The highest BCUT2D eigenvalue weighted by atomic mass is 16.5. The predicted molar refractivity (Wildman–Crippen MR) is 127 cm³/mol. The van der Waals surface area contributed by atoms with Crippen molar-refractivity contribution in [2.75, 3.05) is 18.1 Å². The van der Waals surface area contributed by atoms with Crippen molar-refractivity contribution in [3.05, 3.63) is 65.7 Å². The molecule has 33 heavy (non-hydrogen) atoms. The van der Waals surface area contributed by atoms with Crippen LogP contribution in [0.3, 0.4) is 0 Å². The minimum atomic E-state index is -0.922. The number of hydrogen-bond donors (Lipinski definition) is 1. The van der Waals surface area contributed by atoms with E-state index in [1.54, 1.807) is 56.3 Å². The van der Waals surface area contributed by atoms with Crippen molar-refractivity contribution in [2.45, 2.75) is 46.1 Å². The Labute approximate surface area is 195 Å². The van der Waals surface area contributed by atoms with Crippen LogP contribution in [0.25, 0.3) is 0 Å². The summed E-state index contributed by atoms with van der Waals surface area (Å²) >= 11 is 0. The topological polar surface area (TPSA) is 99.5 Å². The van der Waals surface area contributed by atoms with Gasteiger partial charge in [0.25, 0.3) is 11.8 Å². The molecule has 0 bridgehead atoms. The maximum Gasteiger partial charge on any atom is 0.329 e. The second kappa shape index (κ2) is 11.3. The molecule has 0 fully saturated rings. The van der Waals surface area contributed by atoms with Crippen LogP contribution >= 0.6 is 0 Å². The molecule has 0 spiro atoms. The Morgan fingerprint density at radius 2 is 1.64 bits per heavy atom. The van der Waals surface area contributed by atoms with E-state index in [0.717, 1.165) is 5.56 Å². The lowest BCUT2D eigenvalue weighted by Crippen LogP contribution is -2.46. The van der Waals surface area contributed by atoms with E-state index in [4.69, 9.17) is 10.00 Å². The first kappa shape index (κ1) is 25.6. The maximum atomic E-state index is 12.7. The lowest BCUT2D eigenvalue weighted by Gasteiger charge is -2.23. The number of nitrogens with zero attached hydrogens (tertiary/aromatic N) is 2. The summed E-state index contributed by atoms with van der Waals surface area (Å²) in [6, 6.07) is 16.9. The summed E-state index contributed by atoms with van der Waals surface area (Å²) in [5.41, 5.74) is 2.03. The van der Waals surface area contributed by atoms with Crippen LogP contribution in [-0.2, 0) is 19.7 Å². The molecule has 0 heterocycles. The highest BCUT2D eigenvalue weighted by Gasteiger charge is 2.28. The van der Waals surface area contributed by atoms with E-state index in [-0.39, 0.29) is 17.9 Å². The molecule has 0 aliphatic heterocycles. The number of esters is 1. The van der Waals surface area contributed by atoms with Gasteiger partial charge in [0.1, 0.15) is 12.6 Å². The lowest BCUT2D eigenvalue weighted by molar-refractivity contribution is -0.150. The number of amides is 2. The summed E-state index contributed by atoms with van der Waals surface area (Å²) in [6.45, 7) is 9.12. The van der Waals surface area contributed by atoms with Crippen LogP contribution in [0.1, 0.15) is 50.5 Å². The Morgan fingerprint density at radius 3 is 2.15 bits per heavy atom. The van der Waals surface area contributed by atoms with Crippen LogP contribution in [0.15, 0.2) is 54.6 Å². The molecule has 2 amide bonds. The molecule has 0 radical (unpaired) electrons. The number of carbonyl (C=O) groups is 3. The fourth-order valence-corrected chi connectivity index (χ4v) is 3.15. The fraction of sp³-hybridized carbons (Fsp3) is 0.385. The van der Waals surface area contributed by atoms with E-state index in [2.05, 4.69) is 26.1 Å². The number of carbonyl (C=O) groups excluding carboxylic acids is 3. The molecule has 174 valence electrons. The Kier molecular flexibility index (Phi) is 8.75. The van der Waals surface area contributed by atoms with Gasteiger partial charge in [-0.15, -0.1) is 0 Å². The summed E-state index contributed by atoms with van der Waals surface area (Å²) in [5, 5.41) is 11.8. The minimum Gasteiger partial charge on any atom is -0.454 e. The van der Waals surface area contributed by atoms with E-state index in [9.17, 15) is 14.4 Å². The van der Waals surface area contributed by atoms with Crippen LogP contribution in [0.4, 0.5) is 5.69 Å². The van der Waals surface area contributed by atoms with Crippen molar-refractivity contribution >= 4 is 23.5 Å². The van der Waals surface area contributed by atoms with Gasteiger partial charge >= 0.3 is 5.97 Å². The number of para-hydroxylation sites is 1. The highest BCUT2D eigenvalue weighted by molar-refractivity contribution is 5.98. The molecule has 1 atom stereocenters. The second-order valence-corrected chi connectivity index (χ2v) is 9.10. The third-order valence-electron chi connectivity index (χ3n) is 5.16. The molecular weight excluding hydrogens is 418 g/mol. The SMILES string of the molecule is CC(C)C(NC(=O)c1ccc(C(C)(C)C)cc1)C(=O)OCC(=O)N(CC#N)c1ccccc1. The average Bonchev–Trinajstić information content (AvgIpc) is 2.78. The van der Waals surface area contributed by atoms with E-state index in [0.29, 0.717) is 11.3 Å². The Morgan fingerprint density at radius 1 is 1.03 bits per heavy atom. The van der Waals surface area contributed by atoms with Crippen molar-refractivity contribution < 1.29 is 19.1 Å². The first-order chi connectivity index (χ1) is 15.5. The van der Waals surface area contributed by atoms with Crippen molar-refractivity contribution in [2.24, 2.45) is 5.92 Å². The van der Waals surface area contributed by atoms with E-state index >= 15 is 0 Å². The Hall–Kier alpha value is -3.66. The van der Waals surface area contributed by atoms with E-state index in [1.807, 2.05) is 18.2 Å². The van der Waals surface area contributed by atoms with Crippen molar-refractivity contribution in [3.63, 3.8) is 0 Å². The molecule has 2 aromatic carbocycles. The van der Waals surface area contributed by atoms with Crippen LogP contribution in [0.5, 0.6) is 0 Å². The maximum absolute atomic E-state index is 12.7. The molecule has 0 aromatic heterocycles. The van der Waals surface area contributed by atoms with Gasteiger partial charge in [-0.1, -0.05) is 65.0 Å². The monoisotopic (exact) mass is 449 g/mol. The first-order valence-electron chi connectivity index (χ1n) is 10.8. The smallest absolute Gasteiger partial charge is 0.329 e. The van der Waals surface area contributed by atoms with Gasteiger partial charge in [-0.3, -0.25) is 14.5 Å². The number of ether oxygens (including phenoxy) is 1. The number of benzene rings is 2. The van der Waals surface area contributed by atoms with Crippen LogP contribution in [-0.4, -0.2) is 37.0 Å². The summed E-state index contributed by atoms with van der Waals surface area (Å²) in [5.74, 6) is -1.88. The highest BCUT2D eigenvalue weighted by Crippen LogP contribution is 2.22. The van der Waals surface area contributed by atoms with Gasteiger partial charge in [-0.2, -0.15) is 5.26 Å². The molecule has 0 saturated carbocycles. The van der Waals surface area contributed by atoms with Gasteiger partial charge in [-0.25, -0.2) is 4.79 Å². The summed E-state index contributed by atoms with van der Waals surface area (Å²) in [6.07, 6.45) is 0. The summed E-state index contributed by atoms with van der Waals surface area (Å²) in [4.78, 5) is 39.2. The zero-order valence-electron chi connectivity index (χ0n) is 19.8. The van der Waals surface area contributed by atoms with Gasteiger partial charge in [0.05, 0.1) is 6.07 Å². The largest absolute Gasteiger partial charge is 0.454 e. The molecule has 1 N–H and O–H groups in total. The standard InChI is InChI=1S/C26H31N3O4/c1-18(2)23(28-24(31)19-11-13-20(14-12-19)26(3,4)5)25(32)33-17-22(30)29(16-15-27)21-9-7-6-8-10-21/h6-14,18,23H,16-17H2,1-5H3,(H,28,31). The van der Waals surface area contributed by atoms with Gasteiger partial charge < -0.3 is 10.1 Å². The third kappa shape index (κ3) is 7.18. The second-order valence-electron chi connectivity index (χ2n) is 9.10. The van der Waals surface area contributed by atoms with Crippen LogP contribution < -0.4 is 10.2 Å². The lowest BCUT2D eigenvalue weighted by atomic mass is 9.86. The van der Waals surface area contributed by atoms with Gasteiger partial charge in [-0.05, 0) is 41.2 Å². The van der Waals surface area contributed by atoms with Gasteiger partial charge in [0.2, 0.25) is 0 Å². The molecule has 0 aliphatic rings. The zero-order valence-corrected chi connectivity index (χ0v) is 19.8. The van der Waals surface area contributed by atoms with Crippen molar-refractivity contribution in [3.8, 4) is 6.07 Å². The van der Waals surface area contributed by atoms with Crippen molar-refractivity contribution in [1.29, 1.82) is 5.26 Å². The number of nitriles is 1. The number of anilines is 1. The molecule has 0 aliphatic carbocycles. The molecule has 0 saturated heterocycles. The zero-order chi connectivity index (χ0) is 24.6. The van der Waals surface area contributed by atoms with E-state index in [1.165, 1.54) is 4.90 Å². The molecule has 2 rings (SSSR count). The van der Waals surface area contributed by atoms with E-state index < -0.39 is 30.4 Å². The molecule has 2 aromatic rings. The van der Waals surface area contributed by atoms with Crippen molar-refractivity contribution in [1.82, 2.24) is 5.32 Å². The van der Waals surface area contributed by atoms with Gasteiger partial charge in [0, 0.05) is 11.3 Å². The predicted octanol–water partition coefficient (Wildman–Crippen LogP) is 3.84. The number of nitrogens with one attached hydrogen (secondary N) is 1. The number of hydrogen-bond acceptors (Lipinski definition) is 5. The Balaban J connectivity index is 2.04. The normalized spacial score (nSPS) is 11.9. The number of rotatable bonds is 8. The van der Waals surface area contributed by atoms with Gasteiger partial charge in [0.15, 0.2) is 6.61 Å². The summed E-state index contributed by atoms with van der Waals surface area (Å²) < 4.78 is 5.22. The molecule has 7 heteroatoms. The third-order valence-corrected chi connectivity index (χ3v) is 5.16. The van der Waals surface area contributed by atoms with Crippen LogP contribution in [0.2, 0.25) is 0 Å². The fourth-order valence-electron chi connectivity index (χ4n) is 3.15. The van der Waals surface area contributed by atoms with Crippen LogP contribution in [0, 0.1) is 17.2 Å².